The van der Waals surface area contributed by atoms with Gasteiger partial charge in [-0.05, 0) is 61.1 Å². The molecule has 1 amide bonds. The fourth-order valence-electron chi connectivity index (χ4n) is 8.06. The molecule has 2 fully saturated rings. The van der Waals surface area contributed by atoms with Crippen LogP contribution in [-0.2, 0) is 32.3 Å². The molecule has 4 aliphatic rings. The third-order valence-electron chi connectivity index (χ3n) is 9.57. The summed E-state index contributed by atoms with van der Waals surface area (Å²) in [6.45, 7) is 6.84. The molecule has 1 spiro atoms. The van der Waals surface area contributed by atoms with E-state index in [1.807, 2.05) is 18.2 Å². The van der Waals surface area contributed by atoms with E-state index in [-0.39, 0.29) is 29.5 Å². The molecule has 1 saturated heterocycles. The summed E-state index contributed by atoms with van der Waals surface area (Å²) >= 11 is 0. The number of hydrogen-bond donors (Lipinski definition) is 0. The highest BCUT2D eigenvalue weighted by Gasteiger charge is 2.75. The number of carbonyl (C=O) groups is 2. The quantitative estimate of drug-likeness (QED) is 0.275. The number of likely N-dealkylation sites (tertiary alicyclic amines) is 1. The van der Waals surface area contributed by atoms with Crippen molar-refractivity contribution in [2.24, 2.45) is 0 Å². The topological polar surface area (TPSA) is 59.1 Å². The van der Waals surface area contributed by atoms with E-state index in [1.165, 1.54) is 36.8 Å². The Bertz CT molecular complexity index is 1440. The van der Waals surface area contributed by atoms with Crippen LogP contribution >= 0.6 is 0 Å². The molecular formula is C32H33F3N2O4. The van der Waals surface area contributed by atoms with Crippen LogP contribution < -0.4 is 4.74 Å². The average Bonchev–Trinajstić information content (AvgIpc) is 3.27. The number of nitrogens with zero attached hydrogens (tertiary/aromatic N) is 2. The highest BCUT2D eigenvalue weighted by atomic mass is 19.4. The van der Waals surface area contributed by atoms with Crippen molar-refractivity contribution in [3.8, 4) is 5.75 Å². The number of hydrogen-bond acceptors (Lipinski definition) is 5. The second kappa shape index (κ2) is 9.76. The summed E-state index contributed by atoms with van der Waals surface area (Å²) in [4.78, 5) is 30.1. The first-order valence-corrected chi connectivity index (χ1v) is 14.0. The lowest BCUT2D eigenvalue weighted by molar-refractivity contribution is -0.222. The molecule has 9 heteroatoms. The van der Waals surface area contributed by atoms with Crippen LogP contribution in [0, 0.1) is 0 Å². The Morgan fingerprint density at radius 1 is 1.22 bits per heavy atom. The van der Waals surface area contributed by atoms with Crippen molar-refractivity contribution in [3.63, 3.8) is 0 Å². The standard InChI is InChI=1S/C32H33F3N2O4/c1-4-16-37-17-15-30-28-22-8-6-10-25(28)40-29(30)24(13-14-31(30,26(37)19-22)41-20(2)38)36(3)27(39)12-11-21-7-5-9-23(18-21)32(33,34)35/h4-12,18,24,26,29H,1,13-17,19H2,2-3H3/t24-,26+,29-,30-,31+/m0/s1. The zero-order valence-corrected chi connectivity index (χ0v) is 23.1. The van der Waals surface area contributed by atoms with Gasteiger partial charge < -0.3 is 14.4 Å². The highest BCUT2D eigenvalue weighted by molar-refractivity contribution is 5.92. The number of piperidine rings is 1. The lowest BCUT2D eigenvalue weighted by atomic mass is 9.48. The molecule has 0 aromatic heterocycles. The maximum atomic E-state index is 13.4. The van der Waals surface area contributed by atoms with Crippen molar-refractivity contribution >= 4 is 18.0 Å². The maximum absolute atomic E-state index is 13.4. The molecule has 2 aliphatic heterocycles. The molecule has 6 nitrogen and oxygen atoms in total. The minimum atomic E-state index is -4.47. The van der Waals surface area contributed by atoms with Crippen LogP contribution in [0.4, 0.5) is 13.2 Å². The van der Waals surface area contributed by atoms with Gasteiger partial charge in [0.15, 0.2) is 0 Å². The van der Waals surface area contributed by atoms with Gasteiger partial charge in [-0.25, -0.2) is 0 Å². The van der Waals surface area contributed by atoms with Crippen LogP contribution in [0.3, 0.4) is 0 Å². The molecule has 2 aliphatic carbocycles. The molecule has 5 atom stereocenters. The molecular weight excluding hydrogens is 533 g/mol. The predicted molar refractivity (Wildman–Crippen MR) is 147 cm³/mol. The fraction of sp³-hybridized carbons (Fsp3) is 0.438. The van der Waals surface area contributed by atoms with Gasteiger partial charge in [-0.1, -0.05) is 30.3 Å². The van der Waals surface area contributed by atoms with Crippen molar-refractivity contribution in [1.82, 2.24) is 9.80 Å². The Kier molecular flexibility index (Phi) is 6.56. The van der Waals surface area contributed by atoms with E-state index in [4.69, 9.17) is 9.47 Å². The lowest BCUT2D eigenvalue weighted by Gasteiger charge is -2.65. The normalized spacial score (nSPS) is 29.9. The van der Waals surface area contributed by atoms with E-state index >= 15 is 0 Å². The molecule has 41 heavy (non-hydrogen) atoms. The van der Waals surface area contributed by atoms with Crippen molar-refractivity contribution in [2.75, 3.05) is 20.1 Å². The Balaban J connectivity index is 1.36. The first-order valence-electron chi connectivity index (χ1n) is 14.0. The van der Waals surface area contributed by atoms with Crippen molar-refractivity contribution in [2.45, 2.75) is 68.0 Å². The van der Waals surface area contributed by atoms with Gasteiger partial charge in [0, 0.05) is 38.7 Å². The number of esters is 1. The molecule has 0 radical (unpaired) electrons. The summed E-state index contributed by atoms with van der Waals surface area (Å²) in [6, 6.07) is 10.5. The van der Waals surface area contributed by atoms with Crippen molar-refractivity contribution in [3.05, 3.63) is 83.4 Å². The zero-order valence-electron chi connectivity index (χ0n) is 23.1. The Morgan fingerprint density at radius 3 is 2.73 bits per heavy atom. The van der Waals surface area contributed by atoms with Gasteiger partial charge in [0.05, 0.1) is 23.1 Å². The minimum Gasteiger partial charge on any atom is -0.487 e. The summed E-state index contributed by atoms with van der Waals surface area (Å²) in [7, 11) is 1.71. The molecule has 2 bridgehead atoms. The van der Waals surface area contributed by atoms with Gasteiger partial charge >= 0.3 is 12.1 Å². The van der Waals surface area contributed by atoms with E-state index in [9.17, 15) is 22.8 Å². The van der Waals surface area contributed by atoms with Crippen LogP contribution in [0.25, 0.3) is 6.08 Å². The zero-order chi connectivity index (χ0) is 29.2. The van der Waals surface area contributed by atoms with Crippen LogP contribution in [0.2, 0.25) is 0 Å². The van der Waals surface area contributed by atoms with E-state index in [0.29, 0.717) is 25.8 Å². The number of amides is 1. The third-order valence-corrected chi connectivity index (χ3v) is 9.57. The Hall–Kier alpha value is -3.59. The van der Waals surface area contributed by atoms with Gasteiger partial charge in [0.2, 0.25) is 5.91 Å². The summed E-state index contributed by atoms with van der Waals surface area (Å²) < 4.78 is 52.6. The summed E-state index contributed by atoms with van der Waals surface area (Å²) in [6.07, 6.45) is 2.20. The number of benzene rings is 2. The highest BCUT2D eigenvalue weighted by Crippen LogP contribution is 2.65. The monoisotopic (exact) mass is 566 g/mol. The number of carbonyl (C=O) groups excluding carboxylic acids is 2. The Morgan fingerprint density at radius 2 is 2.00 bits per heavy atom. The number of alkyl halides is 3. The summed E-state index contributed by atoms with van der Waals surface area (Å²) in [5, 5.41) is 0. The summed E-state index contributed by atoms with van der Waals surface area (Å²) in [5.41, 5.74) is 0.329. The molecule has 0 N–H and O–H groups in total. The van der Waals surface area contributed by atoms with Gasteiger partial charge in [-0.15, -0.1) is 6.58 Å². The van der Waals surface area contributed by atoms with Crippen molar-refractivity contribution < 1.29 is 32.2 Å². The molecule has 2 heterocycles. The fourth-order valence-corrected chi connectivity index (χ4v) is 8.06. The Labute approximate surface area is 237 Å². The van der Waals surface area contributed by atoms with Crippen LogP contribution in [0.15, 0.2) is 61.2 Å². The summed E-state index contributed by atoms with van der Waals surface area (Å²) in [5.74, 6) is 0.0974. The second-order valence-electron chi connectivity index (χ2n) is 11.5. The van der Waals surface area contributed by atoms with E-state index in [2.05, 4.69) is 17.5 Å². The van der Waals surface area contributed by atoms with Crippen LogP contribution in [0.5, 0.6) is 5.75 Å². The maximum Gasteiger partial charge on any atom is 0.416 e. The molecule has 216 valence electrons. The average molecular weight is 567 g/mol. The first kappa shape index (κ1) is 27.6. The number of rotatable bonds is 6. The van der Waals surface area contributed by atoms with Gasteiger partial charge in [0.1, 0.15) is 17.5 Å². The van der Waals surface area contributed by atoms with Gasteiger partial charge in [-0.3, -0.25) is 14.5 Å². The van der Waals surface area contributed by atoms with Crippen LogP contribution in [0.1, 0.15) is 48.4 Å². The molecule has 1 saturated carbocycles. The van der Waals surface area contributed by atoms with Gasteiger partial charge in [-0.2, -0.15) is 13.2 Å². The molecule has 6 rings (SSSR count). The van der Waals surface area contributed by atoms with E-state index in [1.54, 1.807) is 11.9 Å². The predicted octanol–water partition coefficient (Wildman–Crippen LogP) is 5.16. The van der Waals surface area contributed by atoms with E-state index < -0.39 is 28.9 Å². The molecule has 2 aromatic carbocycles. The first-order chi connectivity index (χ1) is 19.5. The smallest absolute Gasteiger partial charge is 0.416 e. The van der Waals surface area contributed by atoms with Gasteiger partial charge in [0.25, 0.3) is 0 Å². The lowest BCUT2D eigenvalue weighted by Crippen LogP contribution is -2.79. The third kappa shape index (κ3) is 4.11. The number of ether oxygens (including phenoxy) is 2. The molecule has 2 aromatic rings. The largest absolute Gasteiger partial charge is 0.487 e. The van der Waals surface area contributed by atoms with Crippen LogP contribution in [-0.4, -0.2) is 65.6 Å². The number of halogens is 3. The van der Waals surface area contributed by atoms with E-state index in [0.717, 1.165) is 36.4 Å². The SMILES string of the molecule is C=CCN1CC[C@]23c4c5cccc4O[C@H]2[C@@H](N(C)C(=O)C=Cc2cccc(C(F)(F)F)c2)CC[C@@]3(OC(C)=O)[C@H]1C5. The second-order valence-corrected chi connectivity index (χ2v) is 11.5. The number of likely N-dealkylation sites (N-methyl/N-ethyl adjacent to an activating group) is 1. The minimum absolute atomic E-state index is 0.0622. The van der Waals surface area contributed by atoms with Crippen molar-refractivity contribution in [1.29, 1.82) is 0 Å². The molecule has 0 unspecified atom stereocenters.